The average molecular weight is 208 g/mol. The van der Waals surface area contributed by atoms with E-state index in [-0.39, 0.29) is 0 Å². The lowest BCUT2D eigenvalue weighted by molar-refractivity contribution is 0.291. The molecule has 1 aliphatic rings. The number of nitrogens with zero attached hydrogens (tertiary/aromatic N) is 1. The van der Waals surface area contributed by atoms with Crippen LogP contribution in [-0.4, -0.2) is 31.1 Å². The van der Waals surface area contributed by atoms with Gasteiger partial charge < -0.3 is 14.6 Å². The molecule has 1 aromatic rings. The maximum atomic E-state index is 5.29. The second-order valence-corrected chi connectivity index (χ2v) is 4.49. The third-order valence-electron chi connectivity index (χ3n) is 3.10. The van der Waals surface area contributed by atoms with Crippen LogP contribution in [0, 0.1) is 6.92 Å². The quantitative estimate of drug-likeness (QED) is 0.817. The smallest absolute Gasteiger partial charge is 0.105 e. The van der Waals surface area contributed by atoms with E-state index < -0.39 is 0 Å². The van der Waals surface area contributed by atoms with E-state index >= 15 is 0 Å². The Hall–Kier alpha value is -0.800. The second kappa shape index (κ2) is 4.81. The normalized spacial score (nSPS) is 21.4. The van der Waals surface area contributed by atoms with Crippen molar-refractivity contribution >= 4 is 0 Å². The van der Waals surface area contributed by atoms with Gasteiger partial charge in [-0.3, -0.25) is 0 Å². The topological polar surface area (TPSA) is 28.4 Å². The Balaban J connectivity index is 1.81. The molecule has 1 aromatic heterocycles. The summed E-state index contributed by atoms with van der Waals surface area (Å²) in [6.07, 6.45) is 4.41. The van der Waals surface area contributed by atoms with Gasteiger partial charge in [0.15, 0.2) is 0 Å². The van der Waals surface area contributed by atoms with Crippen molar-refractivity contribution in [1.29, 1.82) is 0 Å². The Morgan fingerprint density at radius 3 is 3.07 bits per heavy atom. The molecule has 1 saturated heterocycles. The third kappa shape index (κ3) is 2.83. The molecule has 0 saturated carbocycles. The van der Waals surface area contributed by atoms with Crippen LogP contribution in [0.3, 0.4) is 0 Å². The number of aryl methyl sites for hydroxylation is 1. The summed E-state index contributed by atoms with van der Waals surface area (Å²) < 4.78 is 5.29. The predicted octanol–water partition coefficient (Wildman–Crippen LogP) is 1.77. The molecule has 1 aliphatic heterocycles. The maximum absolute atomic E-state index is 5.29. The van der Waals surface area contributed by atoms with Crippen LogP contribution >= 0.6 is 0 Å². The Morgan fingerprint density at radius 1 is 1.60 bits per heavy atom. The van der Waals surface area contributed by atoms with Crippen molar-refractivity contribution in [1.82, 2.24) is 10.2 Å². The van der Waals surface area contributed by atoms with Gasteiger partial charge in [-0.15, -0.1) is 0 Å². The minimum atomic E-state index is 0.683. The van der Waals surface area contributed by atoms with Gasteiger partial charge in [-0.1, -0.05) is 0 Å². The molecule has 0 amide bonds. The van der Waals surface area contributed by atoms with Crippen LogP contribution in [0.15, 0.2) is 16.7 Å². The lowest BCUT2D eigenvalue weighted by atomic mass is 10.2. The largest absolute Gasteiger partial charge is 0.469 e. The summed E-state index contributed by atoms with van der Waals surface area (Å²) in [6, 6.07) is 2.75. The van der Waals surface area contributed by atoms with Crippen molar-refractivity contribution in [2.24, 2.45) is 0 Å². The fourth-order valence-corrected chi connectivity index (χ4v) is 2.22. The SMILES string of the molecule is Cc1occc1CN(C)C[C@@H]1CCCN1. The van der Waals surface area contributed by atoms with E-state index in [1.807, 2.05) is 6.92 Å². The number of nitrogens with one attached hydrogen (secondary N) is 1. The minimum absolute atomic E-state index is 0.683. The summed E-state index contributed by atoms with van der Waals surface area (Å²) in [4.78, 5) is 2.36. The highest BCUT2D eigenvalue weighted by Gasteiger charge is 2.16. The number of likely N-dealkylation sites (N-methyl/N-ethyl adjacent to an activating group) is 1. The van der Waals surface area contributed by atoms with Crippen molar-refractivity contribution in [2.75, 3.05) is 20.1 Å². The van der Waals surface area contributed by atoms with Gasteiger partial charge in [0, 0.05) is 24.7 Å². The summed E-state index contributed by atoms with van der Waals surface area (Å²) in [5.41, 5.74) is 1.30. The molecule has 3 nitrogen and oxygen atoms in total. The molecule has 2 heterocycles. The van der Waals surface area contributed by atoms with Crippen molar-refractivity contribution in [3.63, 3.8) is 0 Å². The second-order valence-electron chi connectivity index (χ2n) is 4.49. The predicted molar refractivity (Wildman–Crippen MR) is 60.8 cm³/mol. The lowest BCUT2D eigenvalue weighted by Crippen LogP contribution is -2.34. The first-order valence-corrected chi connectivity index (χ1v) is 5.70. The molecule has 1 fully saturated rings. The van der Waals surface area contributed by atoms with Crippen LogP contribution in [0.5, 0.6) is 0 Å². The zero-order valence-electron chi connectivity index (χ0n) is 9.62. The monoisotopic (exact) mass is 208 g/mol. The van der Waals surface area contributed by atoms with Crippen LogP contribution in [0.2, 0.25) is 0 Å². The zero-order valence-corrected chi connectivity index (χ0v) is 9.62. The third-order valence-corrected chi connectivity index (χ3v) is 3.10. The first-order valence-electron chi connectivity index (χ1n) is 5.70. The van der Waals surface area contributed by atoms with Crippen molar-refractivity contribution in [3.05, 3.63) is 23.7 Å². The van der Waals surface area contributed by atoms with Crippen LogP contribution in [0.1, 0.15) is 24.2 Å². The molecular weight excluding hydrogens is 188 g/mol. The molecule has 1 atom stereocenters. The molecular formula is C12H20N2O. The molecule has 1 N–H and O–H groups in total. The Kier molecular flexibility index (Phi) is 3.44. The highest BCUT2D eigenvalue weighted by Crippen LogP contribution is 2.12. The van der Waals surface area contributed by atoms with E-state index in [2.05, 4.69) is 23.3 Å². The van der Waals surface area contributed by atoms with Gasteiger partial charge in [0.25, 0.3) is 0 Å². The van der Waals surface area contributed by atoms with Crippen LogP contribution in [0.25, 0.3) is 0 Å². The molecule has 3 heteroatoms. The first kappa shape index (κ1) is 10.7. The van der Waals surface area contributed by atoms with E-state index in [0.29, 0.717) is 6.04 Å². The van der Waals surface area contributed by atoms with E-state index in [1.54, 1.807) is 6.26 Å². The standard InChI is InChI=1S/C12H20N2O/c1-10-11(5-7-15-10)8-14(2)9-12-4-3-6-13-12/h5,7,12-13H,3-4,6,8-9H2,1-2H3/t12-/m0/s1. The molecule has 15 heavy (non-hydrogen) atoms. The molecule has 0 radical (unpaired) electrons. The van der Waals surface area contributed by atoms with E-state index in [0.717, 1.165) is 18.8 Å². The average Bonchev–Trinajstić information content (AvgIpc) is 2.79. The number of hydrogen-bond donors (Lipinski definition) is 1. The Labute approximate surface area is 91.4 Å². The summed E-state index contributed by atoms with van der Waals surface area (Å²) >= 11 is 0. The number of hydrogen-bond acceptors (Lipinski definition) is 3. The van der Waals surface area contributed by atoms with Gasteiger partial charge in [0.1, 0.15) is 5.76 Å². The summed E-state index contributed by atoms with van der Waals surface area (Å²) in [5, 5.41) is 3.52. The summed E-state index contributed by atoms with van der Waals surface area (Å²) in [7, 11) is 2.17. The Morgan fingerprint density at radius 2 is 2.47 bits per heavy atom. The van der Waals surface area contributed by atoms with Gasteiger partial charge in [-0.25, -0.2) is 0 Å². The van der Waals surface area contributed by atoms with Crippen LogP contribution in [-0.2, 0) is 6.54 Å². The van der Waals surface area contributed by atoms with E-state index in [1.165, 1.54) is 24.9 Å². The highest BCUT2D eigenvalue weighted by molar-refractivity contribution is 5.15. The maximum Gasteiger partial charge on any atom is 0.105 e. The molecule has 0 aromatic carbocycles. The van der Waals surface area contributed by atoms with E-state index in [9.17, 15) is 0 Å². The van der Waals surface area contributed by atoms with Crippen LogP contribution in [0.4, 0.5) is 0 Å². The van der Waals surface area contributed by atoms with Gasteiger partial charge in [-0.05, 0) is 39.4 Å². The molecule has 2 rings (SSSR count). The zero-order chi connectivity index (χ0) is 10.7. The Bertz CT molecular complexity index is 302. The van der Waals surface area contributed by atoms with Gasteiger partial charge in [0.05, 0.1) is 6.26 Å². The number of furan rings is 1. The van der Waals surface area contributed by atoms with Crippen molar-refractivity contribution in [2.45, 2.75) is 32.4 Å². The summed E-state index contributed by atoms with van der Waals surface area (Å²) in [5.74, 6) is 1.04. The fraction of sp³-hybridized carbons (Fsp3) is 0.667. The van der Waals surface area contributed by atoms with Gasteiger partial charge in [0.2, 0.25) is 0 Å². The molecule has 0 bridgehead atoms. The van der Waals surface area contributed by atoms with Gasteiger partial charge in [-0.2, -0.15) is 0 Å². The minimum Gasteiger partial charge on any atom is -0.469 e. The fourth-order valence-electron chi connectivity index (χ4n) is 2.22. The summed E-state index contributed by atoms with van der Waals surface area (Å²) in [6.45, 7) is 5.32. The van der Waals surface area contributed by atoms with Crippen molar-refractivity contribution < 1.29 is 4.42 Å². The molecule has 84 valence electrons. The molecule has 0 spiro atoms. The molecule has 0 aliphatic carbocycles. The van der Waals surface area contributed by atoms with Crippen LogP contribution < -0.4 is 5.32 Å². The van der Waals surface area contributed by atoms with Gasteiger partial charge >= 0.3 is 0 Å². The number of rotatable bonds is 4. The highest BCUT2D eigenvalue weighted by atomic mass is 16.3. The van der Waals surface area contributed by atoms with Crippen molar-refractivity contribution in [3.8, 4) is 0 Å². The first-order chi connectivity index (χ1) is 7.25. The lowest BCUT2D eigenvalue weighted by Gasteiger charge is -2.20. The molecule has 0 unspecified atom stereocenters. The van der Waals surface area contributed by atoms with E-state index in [4.69, 9.17) is 4.42 Å².